The highest BCUT2D eigenvalue weighted by atomic mass is 15.3. The summed E-state index contributed by atoms with van der Waals surface area (Å²) in [6.45, 7) is 9.95. The molecule has 7 nitrogen and oxygen atoms in total. The van der Waals surface area contributed by atoms with Gasteiger partial charge in [-0.15, -0.1) is 0 Å². The molecule has 0 saturated carbocycles. The first-order chi connectivity index (χ1) is 11.7. The van der Waals surface area contributed by atoms with Crippen LogP contribution in [0.4, 0.5) is 11.8 Å². The number of anilines is 2. The molecule has 24 heavy (non-hydrogen) atoms. The second-order valence-electron chi connectivity index (χ2n) is 5.29. The second kappa shape index (κ2) is 8.90. The van der Waals surface area contributed by atoms with Crippen molar-refractivity contribution in [3.8, 4) is 0 Å². The van der Waals surface area contributed by atoms with Crippen molar-refractivity contribution in [2.75, 3.05) is 42.9 Å². The lowest BCUT2D eigenvalue weighted by Crippen LogP contribution is -2.31. The van der Waals surface area contributed by atoms with E-state index in [0.717, 1.165) is 42.3 Å². The van der Waals surface area contributed by atoms with Crippen molar-refractivity contribution >= 4 is 28.6 Å². The van der Waals surface area contributed by atoms with Crippen LogP contribution in [0.25, 0.3) is 10.9 Å². The first kappa shape index (κ1) is 17.8. The fourth-order valence-electron chi connectivity index (χ4n) is 2.43. The number of fused-ring (bicyclic) bond motifs is 1. The summed E-state index contributed by atoms with van der Waals surface area (Å²) >= 11 is 0. The van der Waals surface area contributed by atoms with Gasteiger partial charge in [-0.3, -0.25) is 4.99 Å². The van der Waals surface area contributed by atoms with E-state index in [9.17, 15) is 0 Å². The van der Waals surface area contributed by atoms with Crippen LogP contribution in [0.3, 0.4) is 0 Å². The van der Waals surface area contributed by atoms with E-state index in [-0.39, 0.29) is 0 Å². The number of nitrogens with one attached hydrogen (secondary N) is 2. The van der Waals surface area contributed by atoms with Crippen molar-refractivity contribution < 1.29 is 0 Å². The summed E-state index contributed by atoms with van der Waals surface area (Å²) in [6.07, 6.45) is 0. The molecule has 2 aromatic rings. The van der Waals surface area contributed by atoms with Crippen LogP contribution in [0.5, 0.6) is 0 Å². The third kappa shape index (κ3) is 4.47. The lowest BCUT2D eigenvalue weighted by molar-refractivity contribution is 0.825. The molecule has 130 valence electrons. The van der Waals surface area contributed by atoms with E-state index >= 15 is 0 Å². The number of aromatic nitrogens is 2. The summed E-state index contributed by atoms with van der Waals surface area (Å²) in [7, 11) is 0. The van der Waals surface area contributed by atoms with Gasteiger partial charge in [-0.05, 0) is 32.9 Å². The third-order valence-corrected chi connectivity index (χ3v) is 3.68. The van der Waals surface area contributed by atoms with Crippen molar-refractivity contribution in [3.63, 3.8) is 0 Å². The van der Waals surface area contributed by atoms with E-state index in [1.54, 1.807) is 0 Å². The molecule has 0 unspecified atom stereocenters. The molecule has 0 bridgehead atoms. The van der Waals surface area contributed by atoms with Gasteiger partial charge in [0.05, 0.1) is 12.1 Å². The van der Waals surface area contributed by atoms with Gasteiger partial charge in [-0.2, -0.15) is 4.98 Å². The predicted molar refractivity (Wildman–Crippen MR) is 102 cm³/mol. The standard InChI is InChI=1S/C17H27N7/c1-4-19-16(18)21-12-11-20-15-13-9-7-8-10-14(13)22-17(23-15)24(5-2)6-3/h7-10H,4-6,11-12H2,1-3H3,(H3,18,19,21)(H,20,22,23). The number of hydrogen-bond acceptors (Lipinski definition) is 5. The molecule has 1 aromatic heterocycles. The van der Waals surface area contributed by atoms with Crippen molar-refractivity contribution in [3.05, 3.63) is 24.3 Å². The minimum Gasteiger partial charge on any atom is -0.370 e. The van der Waals surface area contributed by atoms with Gasteiger partial charge >= 0.3 is 0 Å². The molecule has 0 aliphatic heterocycles. The molecule has 0 amide bonds. The van der Waals surface area contributed by atoms with E-state index in [0.29, 0.717) is 19.0 Å². The zero-order chi connectivity index (χ0) is 17.4. The van der Waals surface area contributed by atoms with Gasteiger partial charge in [0, 0.05) is 31.6 Å². The summed E-state index contributed by atoms with van der Waals surface area (Å²) in [6, 6.07) is 8.03. The van der Waals surface area contributed by atoms with E-state index in [1.807, 2.05) is 31.2 Å². The maximum absolute atomic E-state index is 5.73. The fourth-order valence-corrected chi connectivity index (χ4v) is 2.43. The number of para-hydroxylation sites is 1. The minimum absolute atomic E-state index is 0.468. The molecular formula is C17H27N7. The van der Waals surface area contributed by atoms with Crippen LogP contribution in [0, 0.1) is 0 Å². The van der Waals surface area contributed by atoms with Crippen LogP contribution in [0.15, 0.2) is 29.3 Å². The highest BCUT2D eigenvalue weighted by Gasteiger charge is 2.11. The predicted octanol–water partition coefficient (Wildman–Crippen LogP) is 1.81. The van der Waals surface area contributed by atoms with Crippen molar-refractivity contribution in [2.24, 2.45) is 10.7 Å². The molecule has 0 spiro atoms. The lowest BCUT2D eigenvalue weighted by atomic mass is 10.2. The number of rotatable bonds is 8. The molecule has 7 heteroatoms. The topological polar surface area (TPSA) is 91.5 Å². The number of hydrogen-bond donors (Lipinski definition) is 3. The van der Waals surface area contributed by atoms with E-state index in [2.05, 4.69) is 39.4 Å². The smallest absolute Gasteiger partial charge is 0.227 e. The Balaban J connectivity index is 2.19. The molecule has 1 aromatic carbocycles. The molecule has 0 aliphatic carbocycles. The van der Waals surface area contributed by atoms with Gasteiger partial charge in [0.25, 0.3) is 0 Å². The Morgan fingerprint density at radius 2 is 1.92 bits per heavy atom. The van der Waals surface area contributed by atoms with Crippen LogP contribution in [-0.4, -0.2) is 48.7 Å². The summed E-state index contributed by atoms with van der Waals surface area (Å²) in [5, 5.41) is 7.35. The maximum Gasteiger partial charge on any atom is 0.227 e. The van der Waals surface area contributed by atoms with Crippen LogP contribution < -0.4 is 21.3 Å². The fraction of sp³-hybridized carbons (Fsp3) is 0.471. The average Bonchev–Trinajstić information content (AvgIpc) is 2.60. The normalized spacial score (nSPS) is 11.5. The molecule has 0 radical (unpaired) electrons. The first-order valence-electron chi connectivity index (χ1n) is 8.48. The molecule has 1 heterocycles. The van der Waals surface area contributed by atoms with Gasteiger partial charge < -0.3 is 21.3 Å². The number of aliphatic imine (C=N–C) groups is 1. The van der Waals surface area contributed by atoms with Crippen LogP contribution in [-0.2, 0) is 0 Å². The lowest BCUT2D eigenvalue weighted by Gasteiger charge is -2.20. The van der Waals surface area contributed by atoms with Gasteiger partial charge in [0.15, 0.2) is 5.96 Å². The van der Waals surface area contributed by atoms with E-state index in [4.69, 9.17) is 10.7 Å². The summed E-state index contributed by atoms with van der Waals surface area (Å²) < 4.78 is 0. The second-order valence-corrected chi connectivity index (χ2v) is 5.29. The van der Waals surface area contributed by atoms with Crippen LogP contribution in [0.1, 0.15) is 20.8 Å². The molecule has 4 N–H and O–H groups in total. The number of nitrogens with zero attached hydrogens (tertiary/aromatic N) is 4. The number of nitrogens with two attached hydrogens (primary N) is 1. The largest absolute Gasteiger partial charge is 0.370 e. The van der Waals surface area contributed by atoms with E-state index in [1.165, 1.54) is 0 Å². The van der Waals surface area contributed by atoms with Gasteiger partial charge in [0.2, 0.25) is 5.95 Å². The highest BCUT2D eigenvalue weighted by Crippen LogP contribution is 2.23. The molecule has 0 fully saturated rings. The molecule has 2 rings (SSSR count). The summed E-state index contributed by atoms with van der Waals surface area (Å²) in [5.74, 6) is 2.05. The average molecular weight is 329 g/mol. The van der Waals surface area contributed by atoms with E-state index < -0.39 is 0 Å². The van der Waals surface area contributed by atoms with Crippen LogP contribution >= 0.6 is 0 Å². The SMILES string of the molecule is CCNC(N)=NCCNc1nc(N(CC)CC)nc2ccccc12. The first-order valence-corrected chi connectivity index (χ1v) is 8.48. The highest BCUT2D eigenvalue weighted by molar-refractivity contribution is 5.90. The molecule has 0 aliphatic rings. The number of benzene rings is 1. The van der Waals surface area contributed by atoms with Crippen molar-refractivity contribution in [1.29, 1.82) is 0 Å². The summed E-state index contributed by atoms with van der Waals surface area (Å²) in [5.41, 5.74) is 6.67. The Hall–Kier alpha value is -2.57. The Labute approximate surface area is 143 Å². The molecular weight excluding hydrogens is 302 g/mol. The Kier molecular flexibility index (Phi) is 6.60. The quantitative estimate of drug-likeness (QED) is 0.389. The zero-order valence-electron chi connectivity index (χ0n) is 14.7. The maximum atomic E-state index is 5.73. The summed E-state index contributed by atoms with van der Waals surface area (Å²) in [4.78, 5) is 15.8. The van der Waals surface area contributed by atoms with Crippen molar-refractivity contribution in [2.45, 2.75) is 20.8 Å². The molecule has 0 atom stereocenters. The molecule has 0 saturated heterocycles. The number of guanidine groups is 1. The van der Waals surface area contributed by atoms with Gasteiger partial charge in [0.1, 0.15) is 5.82 Å². The Bertz CT molecular complexity index is 680. The van der Waals surface area contributed by atoms with Gasteiger partial charge in [-0.1, -0.05) is 12.1 Å². The van der Waals surface area contributed by atoms with Crippen LogP contribution in [0.2, 0.25) is 0 Å². The Morgan fingerprint density at radius 1 is 1.17 bits per heavy atom. The Morgan fingerprint density at radius 3 is 2.62 bits per heavy atom. The van der Waals surface area contributed by atoms with Crippen molar-refractivity contribution in [1.82, 2.24) is 15.3 Å². The monoisotopic (exact) mass is 329 g/mol. The zero-order valence-corrected chi connectivity index (χ0v) is 14.7. The minimum atomic E-state index is 0.468. The third-order valence-electron chi connectivity index (χ3n) is 3.68. The van der Waals surface area contributed by atoms with Gasteiger partial charge in [-0.25, -0.2) is 4.98 Å².